The number of allylic oxidation sites excluding steroid dienone is 1. The number of ether oxygens (including phenoxy) is 5. The molecule has 6 nitrogen and oxygen atoms in total. The van der Waals surface area contributed by atoms with Gasteiger partial charge < -0.3 is 23.7 Å². The number of rotatable bonds is 8. The third-order valence-electron chi connectivity index (χ3n) is 5.12. The van der Waals surface area contributed by atoms with E-state index in [0.29, 0.717) is 46.5 Å². The lowest BCUT2D eigenvalue weighted by Crippen LogP contribution is -2.00. The van der Waals surface area contributed by atoms with Crippen LogP contribution in [0.1, 0.15) is 21.5 Å². The van der Waals surface area contributed by atoms with E-state index in [0.717, 1.165) is 5.56 Å². The summed E-state index contributed by atoms with van der Waals surface area (Å²) < 4.78 is 27.9. The minimum atomic E-state index is -0.211. The summed E-state index contributed by atoms with van der Waals surface area (Å²) in [5.41, 5.74) is 2.21. The molecule has 1 heterocycles. The number of fused-ring (bicyclic) bond motifs is 1. The molecule has 0 saturated heterocycles. The van der Waals surface area contributed by atoms with Crippen molar-refractivity contribution in [2.75, 3.05) is 27.9 Å². The van der Waals surface area contributed by atoms with Gasteiger partial charge in [-0.3, -0.25) is 4.79 Å². The van der Waals surface area contributed by atoms with Crippen molar-refractivity contribution in [1.29, 1.82) is 0 Å². The summed E-state index contributed by atoms with van der Waals surface area (Å²) in [6, 6.07) is 18.7. The highest BCUT2D eigenvalue weighted by Gasteiger charge is 2.28. The van der Waals surface area contributed by atoms with Crippen molar-refractivity contribution in [1.82, 2.24) is 0 Å². The molecule has 168 valence electrons. The van der Waals surface area contributed by atoms with Crippen molar-refractivity contribution >= 4 is 17.9 Å². The van der Waals surface area contributed by atoms with Gasteiger partial charge in [0, 0.05) is 11.6 Å². The Labute approximate surface area is 192 Å². The molecule has 0 unspecified atom stereocenters. The SMILES string of the molecule is COc1ccc(C=C2Oc3cc(OCC=Cc4ccccc4)ccc3C2=O)c(OC)c1OC. The molecule has 0 spiro atoms. The highest BCUT2D eigenvalue weighted by atomic mass is 16.5. The third kappa shape index (κ3) is 4.70. The van der Waals surface area contributed by atoms with Crippen LogP contribution in [0.5, 0.6) is 28.7 Å². The van der Waals surface area contributed by atoms with Gasteiger partial charge in [0.25, 0.3) is 0 Å². The summed E-state index contributed by atoms with van der Waals surface area (Å²) in [5, 5.41) is 0. The van der Waals surface area contributed by atoms with Crippen LogP contribution in [0, 0.1) is 0 Å². The van der Waals surface area contributed by atoms with E-state index in [1.807, 2.05) is 42.5 Å². The molecule has 0 fully saturated rings. The lowest BCUT2D eigenvalue weighted by molar-refractivity contribution is 0.101. The van der Waals surface area contributed by atoms with Gasteiger partial charge in [-0.2, -0.15) is 0 Å². The smallest absolute Gasteiger partial charge is 0.231 e. The summed E-state index contributed by atoms with van der Waals surface area (Å²) in [6.07, 6.45) is 5.56. The summed E-state index contributed by atoms with van der Waals surface area (Å²) in [6.45, 7) is 0.396. The van der Waals surface area contributed by atoms with Gasteiger partial charge in [0.2, 0.25) is 11.5 Å². The number of Topliss-reactive ketones (excluding diaryl/α,β-unsaturated/α-hetero) is 1. The lowest BCUT2D eigenvalue weighted by Gasteiger charge is -2.14. The van der Waals surface area contributed by atoms with Gasteiger partial charge in [0.1, 0.15) is 18.1 Å². The van der Waals surface area contributed by atoms with Crippen molar-refractivity contribution < 1.29 is 28.5 Å². The van der Waals surface area contributed by atoms with Crippen LogP contribution in [0.3, 0.4) is 0 Å². The van der Waals surface area contributed by atoms with Gasteiger partial charge >= 0.3 is 0 Å². The average Bonchev–Trinajstić information content (AvgIpc) is 3.16. The predicted molar refractivity (Wildman–Crippen MR) is 126 cm³/mol. The number of benzene rings is 3. The van der Waals surface area contributed by atoms with Crippen LogP contribution in [0.2, 0.25) is 0 Å². The zero-order valence-corrected chi connectivity index (χ0v) is 18.7. The molecule has 0 saturated carbocycles. The molecular weight excluding hydrogens is 420 g/mol. The van der Waals surface area contributed by atoms with Gasteiger partial charge in [-0.05, 0) is 42.0 Å². The first-order chi connectivity index (χ1) is 16.1. The Morgan fingerprint density at radius 3 is 2.39 bits per heavy atom. The molecule has 6 heteroatoms. The van der Waals surface area contributed by atoms with Crippen LogP contribution in [0.25, 0.3) is 12.2 Å². The predicted octanol–water partition coefficient (Wildman–Crippen LogP) is 5.42. The van der Waals surface area contributed by atoms with E-state index in [4.69, 9.17) is 23.7 Å². The summed E-state index contributed by atoms with van der Waals surface area (Å²) >= 11 is 0. The maximum absolute atomic E-state index is 12.9. The van der Waals surface area contributed by atoms with E-state index in [-0.39, 0.29) is 11.5 Å². The molecule has 0 amide bonds. The molecule has 1 aliphatic heterocycles. The molecule has 0 radical (unpaired) electrons. The lowest BCUT2D eigenvalue weighted by atomic mass is 10.1. The van der Waals surface area contributed by atoms with Crippen LogP contribution < -0.4 is 23.7 Å². The van der Waals surface area contributed by atoms with Crippen molar-refractivity contribution in [3.8, 4) is 28.7 Å². The minimum absolute atomic E-state index is 0.191. The fourth-order valence-electron chi connectivity index (χ4n) is 3.53. The molecular formula is C27H24O6. The van der Waals surface area contributed by atoms with Crippen LogP contribution in [0.15, 0.2) is 72.5 Å². The van der Waals surface area contributed by atoms with Crippen LogP contribution in [0.4, 0.5) is 0 Å². The number of ketones is 1. The van der Waals surface area contributed by atoms with Gasteiger partial charge in [-0.15, -0.1) is 0 Å². The molecule has 0 aromatic heterocycles. The van der Waals surface area contributed by atoms with Gasteiger partial charge in [0.15, 0.2) is 17.3 Å². The number of methoxy groups -OCH3 is 3. The van der Waals surface area contributed by atoms with Crippen molar-refractivity contribution in [2.45, 2.75) is 0 Å². The Morgan fingerprint density at radius 1 is 0.879 bits per heavy atom. The second kappa shape index (κ2) is 9.96. The minimum Gasteiger partial charge on any atom is -0.493 e. The van der Waals surface area contributed by atoms with E-state index in [1.54, 1.807) is 43.5 Å². The Bertz CT molecular complexity index is 1210. The zero-order valence-electron chi connectivity index (χ0n) is 18.7. The van der Waals surface area contributed by atoms with Crippen LogP contribution in [-0.2, 0) is 0 Å². The summed E-state index contributed by atoms with van der Waals surface area (Å²) in [7, 11) is 4.61. The van der Waals surface area contributed by atoms with Gasteiger partial charge in [-0.25, -0.2) is 0 Å². The highest BCUT2D eigenvalue weighted by Crippen LogP contribution is 2.42. The number of hydrogen-bond acceptors (Lipinski definition) is 6. The molecule has 3 aromatic carbocycles. The molecule has 0 aliphatic carbocycles. The largest absolute Gasteiger partial charge is 0.493 e. The van der Waals surface area contributed by atoms with E-state index in [2.05, 4.69) is 0 Å². The molecule has 0 N–H and O–H groups in total. The number of hydrogen-bond donors (Lipinski definition) is 0. The van der Waals surface area contributed by atoms with Crippen LogP contribution in [-0.4, -0.2) is 33.7 Å². The van der Waals surface area contributed by atoms with E-state index in [9.17, 15) is 4.79 Å². The first-order valence-corrected chi connectivity index (χ1v) is 10.4. The molecule has 33 heavy (non-hydrogen) atoms. The highest BCUT2D eigenvalue weighted by molar-refractivity contribution is 6.14. The van der Waals surface area contributed by atoms with Gasteiger partial charge in [0.05, 0.1) is 26.9 Å². The molecule has 0 atom stereocenters. The van der Waals surface area contributed by atoms with Crippen LogP contribution >= 0.6 is 0 Å². The van der Waals surface area contributed by atoms with E-state index in [1.165, 1.54) is 14.2 Å². The fourth-order valence-corrected chi connectivity index (χ4v) is 3.53. The molecule has 3 aromatic rings. The quantitative estimate of drug-likeness (QED) is 0.432. The second-order valence-electron chi connectivity index (χ2n) is 7.15. The zero-order chi connectivity index (χ0) is 23.2. The first kappa shape index (κ1) is 22.0. The first-order valence-electron chi connectivity index (χ1n) is 10.4. The fraction of sp³-hybridized carbons (Fsp3) is 0.148. The Kier molecular flexibility index (Phi) is 6.64. The van der Waals surface area contributed by atoms with Crippen molar-refractivity contribution in [2.24, 2.45) is 0 Å². The maximum atomic E-state index is 12.9. The second-order valence-corrected chi connectivity index (χ2v) is 7.15. The average molecular weight is 444 g/mol. The van der Waals surface area contributed by atoms with Gasteiger partial charge in [-0.1, -0.05) is 36.4 Å². The monoisotopic (exact) mass is 444 g/mol. The third-order valence-corrected chi connectivity index (χ3v) is 5.12. The van der Waals surface area contributed by atoms with E-state index < -0.39 is 0 Å². The number of carbonyl (C=O) groups is 1. The normalized spacial score (nSPS) is 13.7. The number of carbonyl (C=O) groups excluding carboxylic acids is 1. The Morgan fingerprint density at radius 2 is 1.67 bits per heavy atom. The van der Waals surface area contributed by atoms with Crippen molar-refractivity contribution in [3.63, 3.8) is 0 Å². The molecule has 4 rings (SSSR count). The summed E-state index contributed by atoms with van der Waals surface area (Å²) in [5.74, 6) is 2.47. The molecule has 0 bridgehead atoms. The standard InChI is InChI=1S/C27H24O6/c1-29-22-14-11-19(26(30-2)27(22)31-3)16-24-25(28)21-13-12-20(17-23(21)33-24)32-15-7-10-18-8-5-4-6-9-18/h4-14,16-17H,15H2,1-3H3. The molecule has 1 aliphatic rings. The maximum Gasteiger partial charge on any atom is 0.231 e. The Hall–Kier alpha value is -4.19. The topological polar surface area (TPSA) is 63.2 Å². The Balaban J connectivity index is 1.51. The van der Waals surface area contributed by atoms with E-state index >= 15 is 0 Å². The summed E-state index contributed by atoms with van der Waals surface area (Å²) in [4.78, 5) is 12.9. The van der Waals surface area contributed by atoms with Crippen molar-refractivity contribution in [3.05, 3.63) is 89.2 Å².